The van der Waals surface area contributed by atoms with Crippen LogP contribution in [-0.2, 0) is 14.3 Å². The molecule has 0 bridgehead atoms. The van der Waals surface area contributed by atoms with E-state index in [4.69, 9.17) is 9.47 Å². The summed E-state index contributed by atoms with van der Waals surface area (Å²) >= 11 is 1.40. The molecule has 0 unspecified atom stereocenters. The number of alkyl carbamates (subject to hydrolysis) is 1. The Morgan fingerprint density at radius 2 is 1.55 bits per heavy atom. The maximum atomic E-state index is 13.7. The zero-order valence-corrected chi connectivity index (χ0v) is 20.8. The summed E-state index contributed by atoms with van der Waals surface area (Å²) in [6.07, 6.45) is -1.36. The highest BCUT2D eigenvalue weighted by molar-refractivity contribution is 7.99. The summed E-state index contributed by atoms with van der Waals surface area (Å²) in [5.74, 6) is -1.33. The summed E-state index contributed by atoms with van der Waals surface area (Å²) in [7, 11) is 0. The van der Waals surface area contributed by atoms with Gasteiger partial charge in [0.05, 0.1) is 5.25 Å². The predicted octanol–water partition coefficient (Wildman–Crippen LogP) is 6.26. The van der Waals surface area contributed by atoms with Crippen LogP contribution in [0.25, 0.3) is 0 Å². The van der Waals surface area contributed by atoms with Crippen LogP contribution in [0.3, 0.4) is 0 Å². The van der Waals surface area contributed by atoms with Crippen LogP contribution in [0, 0.1) is 25.5 Å². The first-order chi connectivity index (χ1) is 15.3. The minimum Gasteiger partial charge on any atom is -0.460 e. The fourth-order valence-electron chi connectivity index (χ4n) is 3.14. The third-order valence-corrected chi connectivity index (χ3v) is 6.35. The van der Waals surface area contributed by atoms with Crippen LogP contribution < -0.4 is 5.32 Å². The van der Waals surface area contributed by atoms with Gasteiger partial charge in [-0.05, 0) is 95.5 Å². The summed E-state index contributed by atoms with van der Waals surface area (Å²) in [6.45, 7) is 12.0. The molecule has 2 aromatic carbocycles. The first-order valence-corrected chi connectivity index (χ1v) is 11.5. The predicted molar refractivity (Wildman–Crippen MR) is 125 cm³/mol. The lowest BCUT2D eigenvalue weighted by Crippen LogP contribution is -2.43. The summed E-state index contributed by atoms with van der Waals surface area (Å²) in [5, 5.41) is 2.07. The van der Waals surface area contributed by atoms with Gasteiger partial charge in [-0.2, -0.15) is 0 Å². The second-order valence-corrected chi connectivity index (χ2v) is 10.1. The highest BCUT2D eigenvalue weighted by atomic mass is 32.2. The molecule has 0 aliphatic carbocycles. The van der Waals surface area contributed by atoms with E-state index in [-0.39, 0.29) is 11.6 Å². The number of carbonyl (C=O) groups is 2. The topological polar surface area (TPSA) is 64.6 Å². The number of carbonyl (C=O) groups excluding carboxylic acids is 2. The van der Waals surface area contributed by atoms with Crippen molar-refractivity contribution in [2.24, 2.45) is 0 Å². The Balaban J connectivity index is 2.23. The molecule has 0 saturated heterocycles. The second-order valence-electron chi connectivity index (χ2n) is 8.96. The number of esters is 1. The van der Waals surface area contributed by atoms with Gasteiger partial charge in [-0.3, -0.25) is 0 Å². The molecule has 0 radical (unpaired) electrons. The van der Waals surface area contributed by atoms with Gasteiger partial charge < -0.3 is 14.8 Å². The van der Waals surface area contributed by atoms with Gasteiger partial charge in [-0.25, -0.2) is 18.4 Å². The average molecular weight is 480 g/mol. The van der Waals surface area contributed by atoms with E-state index in [0.29, 0.717) is 5.56 Å². The van der Waals surface area contributed by atoms with Crippen molar-refractivity contribution in [3.8, 4) is 0 Å². The largest absolute Gasteiger partial charge is 0.460 e. The van der Waals surface area contributed by atoms with Crippen LogP contribution in [0.1, 0.15) is 56.6 Å². The molecule has 1 N–H and O–H groups in total. The van der Waals surface area contributed by atoms with Crippen molar-refractivity contribution in [2.75, 3.05) is 0 Å². The van der Waals surface area contributed by atoms with Crippen LogP contribution in [-0.4, -0.2) is 29.8 Å². The first kappa shape index (κ1) is 26.6. The van der Waals surface area contributed by atoms with E-state index in [1.807, 2.05) is 0 Å². The lowest BCUT2D eigenvalue weighted by Gasteiger charge is -2.27. The summed E-state index contributed by atoms with van der Waals surface area (Å²) < 4.78 is 38.2. The van der Waals surface area contributed by atoms with E-state index < -0.39 is 35.1 Å². The monoisotopic (exact) mass is 479 g/mol. The van der Waals surface area contributed by atoms with Crippen LogP contribution in [0.4, 0.5) is 13.6 Å². The third-order valence-electron chi connectivity index (χ3n) is 4.74. The molecule has 0 spiro atoms. The number of amides is 1. The maximum Gasteiger partial charge on any atom is 0.408 e. The zero-order chi connectivity index (χ0) is 24.9. The maximum absolute atomic E-state index is 13.7. The summed E-state index contributed by atoms with van der Waals surface area (Å²) in [4.78, 5) is 25.5. The van der Waals surface area contributed by atoms with E-state index >= 15 is 0 Å². The Morgan fingerprint density at radius 3 is 2.09 bits per heavy atom. The zero-order valence-electron chi connectivity index (χ0n) is 20.0. The van der Waals surface area contributed by atoms with Crippen molar-refractivity contribution in [1.82, 2.24) is 5.32 Å². The van der Waals surface area contributed by atoms with E-state index in [0.717, 1.165) is 16.0 Å². The summed E-state index contributed by atoms with van der Waals surface area (Å²) in [6, 6.07) is 7.97. The van der Waals surface area contributed by atoms with Crippen molar-refractivity contribution in [3.05, 3.63) is 64.7 Å². The van der Waals surface area contributed by atoms with Crippen molar-refractivity contribution >= 4 is 23.8 Å². The molecule has 2 aromatic rings. The number of hydrogen-bond acceptors (Lipinski definition) is 5. The minimum absolute atomic E-state index is 0.340. The van der Waals surface area contributed by atoms with Crippen LogP contribution in [0.2, 0.25) is 0 Å². The Hall–Kier alpha value is -2.61. The summed E-state index contributed by atoms with van der Waals surface area (Å²) in [5.41, 5.74) is 1.53. The van der Waals surface area contributed by atoms with Gasteiger partial charge in [0.25, 0.3) is 0 Å². The molecule has 0 aliphatic heterocycles. The molecule has 0 fully saturated rings. The molecule has 3 atom stereocenters. The molecule has 0 heterocycles. The van der Waals surface area contributed by atoms with Gasteiger partial charge in [-0.15, -0.1) is 11.8 Å². The SMILES string of the molecule is Cc1cc(F)ccc1S[C@H](c1ccc(F)cc1C)[C@H](C)OC(=O)[C@H](C)NC(=O)OC(C)(C)C. The molecule has 0 saturated carbocycles. The molecule has 1 amide bonds. The van der Waals surface area contributed by atoms with E-state index in [9.17, 15) is 18.4 Å². The van der Waals surface area contributed by atoms with Crippen molar-refractivity contribution in [2.45, 2.75) is 76.4 Å². The Morgan fingerprint density at radius 1 is 0.970 bits per heavy atom. The number of thioether (sulfide) groups is 1. The average Bonchev–Trinajstić information content (AvgIpc) is 2.66. The number of hydrogen-bond donors (Lipinski definition) is 1. The molecule has 2 rings (SSSR count). The van der Waals surface area contributed by atoms with Crippen molar-refractivity contribution in [3.63, 3.8) is 0 Å². The lowest BCUT2D eigenvalue weighted by atomic mass is 10.0. The first-order valence-electron chi connectivity index (χ1n) is 10.7. The Bertz CT molecular complexity index is 1010. The van der Waals surface area contributed by atoms with E-state index in [1.54, 1.807) is 53.7 Å². The van der Waals surface area contributed by atoms with Crippen LogP contribution >= 0.6 is 11.8 Å². The number of rotatable bonds is 7. The second kappa shape index (κ2) is 11.0. The van der Waals surface area contributed by atoms with Gasteiger partial charge in [0.15, 0.2) is 0 Å². The number of nitrogens with one attached hydrogen (secondary N) is 1. The standard InChI is InChI=1S/C25H31F2NO4S/c1-14-12-18(26)8-10-20(14)22(33-21-11-9-19(27)13-15(21)2)17(4)31-23(29)16(3)28-24(30)32-25(5,6)7/h8-13,16-17,22H,1-7H3,(H,28,30)/t16-,17-,22-/m0/s1. The quantitative estimate of drug-likeness (QED) is 0.375. The molecule has 180 valence electrons. The molecule has 33 heavy (non-hydrogen) atoms. The van der Waals surface area contributed by atoms with Crippen molar-refractivity contribution < 1.29 is 27.8 Å². The fraction of sp³-hybridized carbons (Fsp3) is 0.440. The van der Waals surface area contributed by atoms with E-state index in [1.165, 1.54) is 43.0 Å². The number of benzene rings is 2. The van der Waals surface area contributed by atoms with Crippen LogP contribution in [0.15, 0.2) is 41.3 Å². The van der Waals surface area contributed by atoms with Gasteiger partial charge in [-0.1, -0.05) is 6.07 Å². The fourth-order valence-corrected chi connectivity index (χ4v) is 4.45. The Kier molecular flexibility index (Phi) is 8.89. The molecular formula is C25H31F2NO4S. The van der Waals surface area contributed by atoms with Gasteiger partial charge in [0, 0.05) is 4.90 Å². The molecular weight excluding hydrogens is 448 g/mol. The molecule has 8 heteroatoms. The van der Waals surface area contributed by atoms with Gasteiger partial charge in [0.1, 0.15) is 29.4 Å². The van der Waals surface area contributed by atoms with Gasteiger partial charge >= 0.3 is 12.1 Å². The van der Waals surface area contributed by atoms with Gasteiger partial charge in [0.2, 0.25) is 0 Å². The number of aryl methyl sites for hydroxylation is 2. The Labute approximate surface area is 198 Å². The van der Waals surface area contributed by atoms with Crippen LogP contribution in [0.5, 0.6) is 0 Å². The molecule has 5 nitrogen and oxygen atoms in total. The third kappa shape index (κ3) is 8.03. The van der Waals surface area contributed by atoms with E-state index in [2.05, 4.69) is 5.32 Å². The lowest BCUT2D eigenvalue weighted by molar-refractivity contribution is -0.150. The minimum atomic E-state index is -0.935. The smallest absolute Gasteiger partial charge is 0.408 e. The highest BCUT2D eigenvalue weighted by Gasteiger charge is 2.29. The highest BCUT2D eigenvalue weighted by Crippen LogP contribution is 2.41. The molecule has 0 aromatic heterocycles. The normalized spacial score (nSPS) is 14.2. The number of ether oxygens (including phenoxy) is 2. The number of halogens is 2. The van der Waals surface area contributed by atoms with Crippen molar-refractivity contribution in [1.29, 1.82) is 0 Å². The molecule has 0 aliphatic rings.